The van der Waals surface area contributed by atoms with Gasteiger partial charge in [0, 0.05) is 0 Å². The summed E-state index contributed by atoms with van der Waals surface area (Å²) in [7, 11) is 0. The number of aromatic hydroxyl groups is 1. The first-order valence-corrected chi connectivity index (χ1v) is 8.55. The molecule has 0 aliphatic carbocycles. The maximum Gasteiger partial charge on any atom is 0.277 e. The summed E-state index contributed by atoms with van der Waals surface area (Å²) < 4.78 is 10.8. The average molecular weight is 364 g/mol. The van der Waals surface area contributed by atoms with Crippen LogP contribution in [0.25, 0.3) is 10.8 Å². The molecule has 0 saturated heterocycles. The van der Waals surface area contributed by atoms with Crippen LogP contribution in [0.5, 0.6) is 17.2 Å². The van der Waals surface area contributed by atoms with Gasteiger partial charge < -0.3 is 14.6 Å². The molecule has 0 saturated carbocycles. The Hall–Kier alpha value is -3.54. The van der Waals surface area contributed by atoms with E-state index in [1.54, 1.807) is 12.1 Å². The molecule has 3 rings (SSSR count). The summed E-state index contributed by atoms with van der Waals surface area (Å²) >= 11 is 0. The number of benzene rings is 3. The summed E-state index contributed by atoms with van der Waals surface area (Å²) in [4.78, 5) is 11.9. The summed E-state index contributed by atoms with van der Waals surface area (Å²) in [5.74, 6) is 0.671. The molecule has 6 heteroatoms. The van der Waals surface area contributed by atoms with Gasteiger partial charge in [-0.3, -0.25) is 4.79 Å². The van der Waals surface area contributed by atoms with Crippen LogP contribution in [0.4, 0.5) is 0 Å². The fourth-order valence-electron chi connectivity index (χ4n) is 2.50. The minimum absolute atomic E-state index is 0.0572. The zero-order valence-electron chi connectivity index (χ0n) is 14.9. The van der Waals surface area contributed by atoms with Gasteiger partial charge in [0.2, 0.25) is 0 Å². The van der Waals surface area contributed by atoms with Crippen molar-refractivity contribution in [3.05, 3.63) is 66.2 Å². The van der Waals surface area contributed by atoms with E-state index in [1.165, 1.54) is 12.3 Å². The normalized spacial score (nSPS) is 10.9. The number of carbonyl (C=O) groups is 1. The van der Waals surface area contributed by atoms with Gasteiger partial charge in [0.05, 0.1) is 12.8 Å². The molecule has 0 spiro atoms. The van der Waals surface area contributed by atoms with E-state index < -0.39 is 0 Å². The van der Waals surface area contributed by atoms with Crippen LogP contribution in [0.2, 0.25) is 0 Å². The van der Waals surface area contributed by atoms with Gasteiger partial charge in [-0.15, -0.1) is 0 Å². The standard InChI is InChI=1S/C21H20N2O4/c1-2-26-20-11-15(7-10-19(20)24)13-22-23-21(25)14-27-18-9-8-16-5-3-4-6-17(16)12-18/h3-13,24H,2,14H2,1H3,(H,23,25)/b22-13+. The molecule has 0 aliphatic heterocycles. The van der Waals surface area contributed by atoms with E-state index in [1.807, 2.05) is 49.4 Å². The third kappa shape index (κ3) is 4.98. The second-order valence-corrected chi connectivity index (χ2v) is 5.75. The van der Waals surface area contributed by atoms with E-state index in [4.69, 9.17) is 9.47 Å². The van der Waals surface area contributed by atoms with Gasteiger partial charge in [-0.2, -0.15) is 5.10 Å². The van der Waals surface area contributed by atoms with Crippen LogP contribution in [-0.2, 0) is 4.79 Å². The number of phenolic OH excluding ortho intramolecular Hbond substituents is 1. The van der Waals surface area contributed by atoms with Crippen molar-refractivity contribution in [1.82, 2.24) is 5.43 Å². The quantitative estimate of drug-likeness (QED) is 0.497. The van der Waals surface area contributed by atoms with Gasteiger partial charge in [-0.1, -0.05) is 30.3 Å². The molecular formula is C21H20N2O4. The molecule has 27 heavy (non-hydrogen) atoms. The van der Waals surface area contributed by atoms with Crippen molar-refractivity contribution in [2.45, 2.75) is 6.92 Å². The Morgan fingerprint density at radius 1 is 1.07 bits per heavy atom. The highest BCUT2D eigenvalue weighted by Gasteiger charge is 2.04. The van der Waals surface area contributed by atoms with Crippen LogP contribution in [-0.4, -0.2) is 30.4 Å². The number of amides is 1. The molecule has 0 aromatic heterocycles. The Morgan fingerprint density at radius 2 is 1.89 bits per heavy atom. The van der Waals surface area contributed by atoms with Gasteiger partial charge >= 0.3 is 0 Å². The van der Waals surface area contributed by atoms with Crippen LogP contribution in [0.1, 0.15) is 12.5 Å². The lowest BCUT2D eigenvalue weighted by molar-refractivity contribution is -0.123. The minimum atomic E-state index is -0.372. The maximum atomic E-state index is 11.9. The molecular weight excluding hydrogens is 344 g/mol. The van der Waals surface area contributed by atoms with E-state index in [-0.39, 0.29) is 18.3 Å². The molecule has 0 aliphatic rings. The maximum absolute atomic E-state index is 11.9. The first-order valence-electron chi connectivity index (χ1n) is 8.55. The Bertz CT molecular complexity index is 969. The summed E-state index contributed by atoms with van der Waals surface area (Å²) in [6.07, 6.45) is 1.47. The van der Waals surface area contributed by atoms with E-state index in [2.05, 4.69) is 10.5 Å². The van der Waals surface area contributed by atoms with Crippen LogP contribution in [0, 0.1) is 0 Å². The van der Waals surface area contributed by atoms with Gasteiger partial charge in [-0.05, 0) is 53.6 Å². The third-order valence-electron chi connectivity index (χ3n) is 3.78. The van der Waals surface area contributed by atoms with Crippen molar-refractivity contribution < 1.29 is 19.4 Å². The molecule has 2 N–H and O–H groups in total. The van der Waals surface area contributed by atoms with Crippen molar-refractivity contribution in [2.24, 2.45) is 5.10 Å². The number of nitrogens with one attached hydrogen (secondary N) is 1. The topological polar surface area (TPSA) is 80.2 Å². The van der Waals surface area contributed by atoms with Gasteiger partial charge in [-0.25, -0.2) is 5.43 Å². The predicted molar refractivity (Wildman–Crippen MR) is 104 cm³/mol. The second-order valence-electron chi connectivity index (χ2n) is 5.75. The van der Waals surface area contributed by atoms with E-state index in [9.17, 15) is 9.90 Å². The highest BCUT2D eigenvalue weighted by molar-refractivity contribution is 5.85. The van der Waals surface area contributed by atoms with Crippen molar-refractivity contribution in [2.75, 3.05) is 13.2 Å². The average Bonchev–Trinajstić information content (AvgIpc) is 2.69. The first kappa shape index (κ1) is 18.3. The number of hydrogen-bond acceptors (Lipinski definition) is 5. The van der Waals surface area contributed by atoms with Crippen LogP contribution < -0.4 is 14.9 Å². The summed E-state index contributed by atoms with van der Waals surface area (Å²) in [5.41, 5.74) is 3.09. The Balaban J connectivity index is 1.53. The van der Waals surface area contributed by atoms with E-state index in [0.717, 1.165) is 10.8 Å². The smallest absolute Gasteiger partial charge is 0.277 e. The lowest BCUT2D eigenvalue weighted by Crippen LogP contribution is -2.24. The molecule has 6 nitrogen and oxygen atoms in total. The van der Waals surface area contributed by atoms with Crippen molar-refractivity contribution in [3.63, 3.8) is 0 Å². The molecule has 138 valence electrons. The third-order valence-corrected chi connectivity index (χ3v) is 3.78. The lowest BCUT2D eigenvalue weighted by Gasteiger charge is -2.07. The number of phenols is 1. The lowest BCUT2D eigenvalue weighted by atomic mass is 10.1. The van der Waals surface area contributed by atoms with Gasteiger partial charge in [0.15, 0.2) is 18.1 Å². The number of ether oxygens (including phenoxy) is 2. The van der Waals surface area contributed by atoms with Crippen LogP contribution in [0.3, 0.4) is 0 Å². The molecule has 0 heterocycles. The van der Waals surface area contributed by atoms with Gasteiger partial charge in [0.25, 0.3) is 5.91 Å². The number of nitrogens with zero attached hydrogens (tertiary/aromatic N) is 1. The zero-order valence-corrected chi connectivity index (χ0v) is 14.9. The molecule has 0 radical (unpaired) electrons. The number of rotatable bonds is 7. The van der Waals surface area contributed by atoms with Crippen molar-refractivity contribution >= 4 is 22.9 Å². The molecule has 0 fully saturated rings. The Morgan fingerprint density at radius 3 is 2.70 bits per heavy atom. The second kappa shape index (κ2) is 8.71. The highest BCUT2D eigenvalue weighted by atomic mass is 16.5. The first-order chi connectivity index (χ1) is 13.2. The fraction of sp³-hybridized carbons (Fsp3) is 0.143. The summed E-state index contributed by atoms with van der Waals surface area (Å²) in [5, 5.41) is 15.7. The van der Waals surface area contributed by atoms with Crippen molar-refractivity contribution in [1.29, 1.82) is 0 Å². The highest BCUT2D eigenvalue weighted by Crippen LogP contribution is 2.26. The largest absolute Gasteiger partial charge is 0.504 e. The number of hydrazone groups is 1. The van der Waals surface area contributed by atoms with Gasteiger partial charge in [0.1, 0.15) is 5.75 Å². The number of carbonyl (C=O) groups excluding carboxylic acids is 1. The summed E-state index contributed by atoms with van der Waals surface area (Å²) in [6, 6.07) is 18.4. The SMILES string of the molecule is CCOc1cc(/C=N/NC(=O)COc2ccc3ccccc3c2)ccc1O. The van der Waals surface area contributed by atoms with Crippen LogP contribution >= 0.6 is 0 Å². The molecule has 1 amide bonds. The summed E-state index contributed by atoms with van der Waals surface area (Å²) in [6.45, 7) is 2.13. The van der Waals surface area contributed by atoms with E-state index in [0.29, 0.717) is 23.7 Å². The zero-order chi connectivity index (χ0) is 19.1. The van der Waals surface area contributed by atoms with Crippen LogP contribution in [0.15, 0.2) is 65.8 Å². The molecule has 0 unspecified atom stereocenters. The Kier molecular flexibility index (Phi) is 5.89. The molecule has 0 bridgehead atoms. The Labute approximate surface area is 157 Å². The minimum Gasteiger partial charge on any atom is -0.504 e. The molecule has 0 atom stereocenters. The molecule has 3 aromatic rings. The monoisotopic (exact) mass is 364 g/mol. The van der Waals surface area contributed by atoms with E-state index >= 15 is 0 Å². The predicted octanol–water partition coefficient (Wildman–Crippen LogP) is 3.47. The molecule has 3 aromatic carbocycles. The van der Waals surface area contributed by atoms with Crippen molar-refractivity contribution in [3.8, 4) is 17.2 Å². The fourth-order valence-corrected chi connectivity index (χ4v) is 2.50. The number of hydrogen-bond donors (Lipinski definition) is 2. The number of fused-ring (bicyclic) bond motifs is 1.